The predicted molar refractivity (Wildman–Crippen MR) is 112 cm³/mol. The molecule has 0 saturated carbocycles. The number of aromatic nitrogens is 4. The molecule has 3 aliphatic rings. The topological polar surface area (TPSA) is 117 Å². The van der Waals surface area contributed by atoms with E-state index < -0.39 is 31.1 Å². The zero-order valence-electron chi connectivity index (χ0n) is 16.9. The number of benzene rings is 1. The van der Waals surface area contributed by atoms with E-state index >= 15 is 0 Å². The Balaban J connectivity index is 1.34. The number of rotatable bonds is 3. The molecule has 2 fully saturated rings. The van der Waals surface area contributed by atoms with Crippen LogP contribution < -0.4 is 4.90 Å². The summed E-state index contributed by atoms with van der Waals surface area (Å²) in [7, 11) is 0. The van der Waals surface area contributed by atoms with Crippen LogP contribution in [0.15, 0.2) is 24.5 Å². The minimum atomic E-state index is -1.26. The van der Waals surface area contributed by atoms with Crippen LogP contribution in [0.3, 0.4) is 0 Å². The molecule has 0 unspecified atom stereocenters. The van der Waals surface area contributed by atoms with E-state index in [1.807, 2.05) is 11.0 Å². The summed E-state index contributed by atoms with van der Waals surface area (Å²) in [6.45, 7) is 0.888. The molecule has 168 valence electrons. The lowest BCUT2D eigenvalue weighted by atomic mass is 9.75. The Bertz CT molecular complexity index is 1220. The van der Waals surface area contributed by atoms with Crippen molar-refractivity contribution in [2.75, 3.05) is 24.6 Å². The Kier molecular flexibility index (Phi) is 4.47. The van der Waals surface area contributed by atoms with E-state index in [-0.39, 0.29) is 16.5 Å². The number of hydrogen-bond donors (Lipinski definition) is 3. The number of imidazole rings is 1. The van der Waals surface area contributed by atoms with E-state index in [4.69, 9.17) is 16.3 Å². The van der Waals surface area contributed by atoms with Crippen LogP contribution in [0.1, 0.15) is 23.8 Å². The van der Waals surface area contributed by atoms with Gasteiger partial charge in [0, 0.05) is 18.5 Å². The lowest BCUT2D eigenvalue weighted by Crippen LogP contribution is -2.58. The molecule has 9 nitrogen and oxygen atoms in total. The highest BCUT2D eigenvalue weighted by Gasteiger charge is 2.50. The minimum Gasteiger partial charge on any atom is -0.394 e. The van der Waals surface area contributed by atoms with E-state index in [2.05, 4.69) is 15.0 Å². The molecule has 32 heavy (non-hydrogen) atoms. The second-order valence-electron chi connectivity index (χ2n) is 8.77. The average Bonchev–Trinajstić information content (AvgIpc) is 3.42. The van der Waals surface area contributed by atoms with E-state index in [0.29, 0.717) is 30.1 Å². The number of anilines is 1. The average molecular weight is 462 g/mol. The van der Waals surface area contributed by atoms with Crippen molar-refractivity contribution in [2.24, 2.45) is 0 Å². The molecule has 2 saturated heterocycles. The van der Waals surface area contributed by atoms with Crippen molar-refractivity contribution in [1.82, 2.24) is 19.5 Å². The number of hydrogen-bond acceptors (Lipinski definition) is 8. The summed E-state index contributed by atoms with van der Waals surface area (Å²) in [6, 6.07) is 5.26. The second kappa shape index (κ2) is 7.06. The summed E-state index contributed by atoms with van der Waals surface area (Å²) in [5.41, 5.74) is 2.58. The van der Waals surface area contributed by atoms with Crippen LogP contribution in [0.5, 0.6) is 0 Å². The molecule has 1 spiro atoms. The summed E-state index contributed by atoms with van der Waals surface area (Å²) < 4.78 is 21.3. The first-order valence-electron chi connectivity index (χ1n) is 10.5. The zero-order chi connectivity index (χ0) is 22.2. The van der Waals surface area contributed by atoms with Crippen molar-refractivity contribution in [3.63, 3.8) is 0 Å². The first kappa shape index (κ1) is 20.3. The Labute approximate surface area is 187 Å². The summed E-state index contributed by atoms with van der Waals surface area (Å²) >= 11 is 6.23. The molecule has 2 aromatic heterocycles. The lowest BCUT2D eigenvalue weighted by Gasteiger charge is -2.49. The number of nitrogens with zero attached hydrogens (tertiary/aromatic N) is 5. The third kappa shape index (κ3) is 2.74. The van der Waals surface area contributed by atoms with Crippen LogP contribution in [0, 0.1) is 5.82 Å². The van der Waals surface area contributed by atoms with E-state index in [1.54, 1.807) is 6.07 Å². The van der Waals surface area contributed by atoms with Gasteiger partial charge in [0.25, 0.3) is 0 Å². The number of ether oxygens (including phenoxy) is 1. The minimum absolute atomic E-state index is 0.0137. The van der Waals surface area contributed by atoms with Gasteiger partial charge >= 0.3 is 0 Å². The standard InChI is InChI=1S/C21H21ClFN5O4/c22-20-25-17(27-7-21(8-27)5-4-10-11(21)2-1-3-12(10)23)14-18(26-20)28(9-24-14)19-16(31)15(30)13(6-29)32-19/h1-3,9,13,15-16,19,29-31H,4-8H2/t13-,15-,16-,19-/m1/s1. The van der Waals surface area contributed by atoms with Crippen molar-refractivity contribution in [2.45, 2.75) is 42.8 Å². The number of aliphatic hydroxyl groups excluding tert-OH is 3. The van der Waals surface area contributed by atoms with Crippen LogP contribution in [0.4, 0.5) is 10.2 Å². The Morgan fingerprint density at radius 2 is 2.03 bits per heavy atom. The maximum atomic E-state index is 14.2. The molecule has 6 rings (SSSR count). The van der Waals surface area contributed by atoms with Gasteiger partial charge in [-0.05, 0) is 41.6 Å². The fourth-order valence-electron chi connectivity index (χ4n) is 5.36. The van der Waals surface area contributed by atoms with Crippen LogP contribution in [-0.4, -0.2) is 72.8 Å². The number of halogens is 2. The molecule has 2 aliphatic heterocycles. The fraction of sp³-hybridized carbons (Fsp3) is 0.476. The van der Waals surface area contributed by atoms with E-state index in [9.17, 15) is 19.7 Å². The van der Waals surface area contributed by atoms with Gasteiger partial charge in [-0.1, -0.05) is 12.1 Å². The molecule has 11 heteroatoms. The fourth-order valence-corrected chi connectivity index (χ4v) is 5.52. The van der Waals surface area contributed by atoms with Gasteiger partial charge in [0.2, 0.25) is 5.28 Å². The first-order valence-corrected chi connectivity index (χ1v) is 10.8. The van der Waals surface area contributed by atoms with Crippen LogP contribution >= 0.6 is 11.6 Å². The van der Waals surface area contributed by atoms with Gasteiger partial charge in [-0.15, -0.1) is 0 Å². The van der Waals surface area contributed by atoms with E-state index in [1.165, 1.54) is 17.0 Å². The Hall–Kier alpha value is -2.37. The SMILES string of the molecule is OC[C@H]1O[C@@H](n2cnc3c(N4CC5(CCc6c(F)cccc65)C4)nc(Cl)nc32)[C@H](O)[C@@H]1O. The third-order valence-electron chi connectivity index (χ3n) is 7.00. The molecule has 4 heterocycles. The second-order valence-corrected chi connectivity index (χ2v) is 9.11. The van der Waals surface area contributed by atoms with Crippen LogP contribution in [0.2, 0.25) is 5.28 Å². The van der Waals surface area contributed by atoms with Crippen molar-refractivity contribution in [3.05, 3.63) is 46.8 Å². The molecule has 3 aromatic rings. The molecule has 1 aliphatic carbocycles. The van der Waals surface area contributed by atoms with Gasteiger partial charge < -0.3 is 25.0 Å². The van der Waals surface area contributed by atoms with Gasteiger partial charge in [-0.25, -0.2) is 9.37 Å². The van der Waals surface area contributed by atoms with Gasteiger partial charge in [-0.3, -0.25) is 4.57 Å². The van der Waals surface area contributed by atoms with Gasteiger partial charge in [0.05, 0.1) is 12.9 Å². The van der Waals surface area contributed by atoms with Crippen molar-refractivity contribution in [1.29, 1.82) is 0 Å². The Morgan fingerprint density at radius 1 is 1.22 bits per heavy atom. The summed E-state index contributed by atoms with van der Waals surface area (Å²) in [5.74, 6) is 0.406. The molecular weight excluding hydrogens is 441 g/mol. The maximum Gasteiger partial charge on any atom is 0.226 e. The predicted octanol–water partition coefficient (Wildman–Crippen LogP) is 0.934. The number of fused-ring (bicyclic) bond motifs is 3. The monoisotopic (exact) mass is 461 g/mol. The quantitative estimate of drug-likeness (QED) is 0.493. The highest BCUT2D eigenvalue weighted by molar-refractivity contribution is 6.28. The highest BCUT2D eigenvalue weighted by atomic mass is 35.5. The highest BCUT2D eigenvalue weighted by Crippen LogP contribution is 2.48. The van der Waals surface area contributed by atoms with E-state index in [0.717, 1.165) is 24.0 Å². The van der Waals surface area contributed by atoms with Crippen molar-refractivity contribution in [3.8, 4) is 0 Å². The lowest BCUT2D eigenvalue weighted by molar-refractivity contribution is -0.0511. The molecule has 0 radical (unpaired) electrons. The molecule has 0 bridgehead atoms. The van der Waals surface area contributed by atoms with Crippen molar-refractivity contribution < 1.29 is 24.4 Å². The molecule has 0 amide bonds. The van der Waals surface area contributed by atoms with Crippen LogP contribution in [-0.2, 0) is 16.6 Å². The first-order chi connectivity index (χ1) is 15.4. The van der Waals surface area contributed by atoms with Gasteiger partial charge in [0.1, 0.15) is 24.1 Å². The third-order valence-corrected chi connectivity index (χ3v) is 7.17. The largest absolute Gasteiger partial charge is 0.394 e. The smallest absolute Gasteiger partial charge is 0.226 e. The zero-order valence-corrected chi connectivity index (χ0v) is 17.7. The Morgan fingerprint density at radius 3 is 2.78 bits per heavy atom. The molecular formula is C21H21ClFN5O4. The van der Waals surface area contributed by atoms with Gasteiger partial charge in [-0.2, -0.15) is 9.97 Å². The molecule has 1 aromatic carbocycles. The summed E-state index contributed by atoms with van der Waals surface area (Å²) in [5, 5.41) is 29.9. The summed E-state index contributed by atoms with van der Waals surface area (Å²) in [6.07, 6.45) is -1.35. The summed E-state index contributed by atoms with van der Waals surface area (Å²) in [4.78, 5) is 15.1. The number of aliphatic hydroxyl groups is 3. The van der Waals surface area contributed by atoms with Crippen molar-refractivity contribution >= 4 is 28.6 Å². The van der Waals surface area contributed by atoms with Crippen LogP contribution in [0.25, 0.3) is 11.2 Å². The molecule has 4 atom stereocenters. The molecule has 3 N–H and O–H groups in total. The van der Waals surface area contributed by atoms with Gasteiger partial charge in [0.15, 0.2) is 23.2 Å². The maximum absolute atomic E-state index is 14.2. The normalized spacial score (nSPS) is 28.5.